The van der Waals surface area contributed by atoms with Gasteiger partial charge in [0.05, 0.1) is 30.8 Å². The number of ether oxygens (including phenoxy) is 4. The van der Waals surface area contributed by atoms with E-state index >= 15 is 0 Å². The lowest BCUT2D eigenvalue weighted by atomic mass is 9.88. The summed E-state index contributed by atoms with van der Waals surface area (Å²) in [5, 5.41) is 11.9. The summed E-state index contributed by atoms with van der Waals surface area (Å²) < 4.78 is 22.9. The molecule has 0 aliphatic rings. The number of benzene rings is 4. The summed E-state index contributed by atoms with van der Waals surface area (Å²) in [5.74, 6) is 2.12. The van der Waals surface area contributed by atoms with Gasteiger partial charge in [0.1, 0.15) is 24.2 Å². The predicted octanol–water partition coefficient (Wildman–Crippen LogP) is 8.84. The fourth-order valence-corrected chi connectivity index (χ4v) is 5.57. The third-order valence-electron chi connectivity index (χ3n) is 8.11. The van der Waals surface area contributed by atoms with Crippen molar-refractivity contribution in [2.75, 3.05) is 40.5 Å². The quantitative estimate of drug-likeness (QED) is 0.0700. The molecule has 0 radical (unpaired) electrons. The van der Waals surface area contributed by atoms with Gasteiger partial charge in [-0.3, -0.25) is 10.1 Å². The van der Waals surface area contributed by atoms with Crippen LogP contribution in [-0.4, -0.2) is 50.3 Å². The first-order valence-electron chi connectivity index (χ1n) is 15.7. The number of nitro groups is 1. The highest BCUT2D eigenvalue weighted by molar-refractivity contribution is 5.98. The van der Waals surface area contributed by atoms with E-state index in [9.17, 15) is 10.1 Å². The Morgan fingerprint density at radius 3 is 1.87 bits per heavy atom. The molecule has 0 aliphatic heterocycles. The largest absolute Gasteiger partial charge is 0.493 e. The Hall–Kier alpha value is -4.82. The molecular formula is C38H44N2O6. The highest BCUT2D eigenvalue weighted by Crippen LogP contribution is 2.40. The van der Waals surface area contributed by atoms with Crippen molar-refractivity contribution in [1.82, 2.24) is 4.90 Å². The van der Waals surface area contributed by atoms with Gasteiger partial charge in [0.15, 0.2) is 11.5 Å². The van der Waals surface area contributed by atoms with Gasteiger partial charge in [0, 0.05) is 6.54 Å². The van der Waals surface area contributed by atoms with E-state index < -0.39 is 11.0 Å². The number of likely N-dealkylation sites (N-methyl/N-ethyl adjacent to an activating group) is 1. The van der Waals surface area contributed by atoms with Crippen molar-refractivity contribution in [2.45, 2.75) is 40.2 Å². The number of hydrogen-bond donors (Lipinski definition) is 0. The maximum atomic E-state index is 11.9. The molecule has 0 aromatic heterocycles. The third-order valence-corrected chi connectivity index (χ3v) is 8.11. The van der Waals surface area contributed by atoms with E-state index in [-0.39, 0.29) is 11.4 Å². The van der Waals surface area contributed by atoms with Crippen LogP contribution in [0, 0.1) is 10.1 Å². The summed E-state index contributed by atoms with van der Waals surface area (Å²) in [6.45, 7) is 11.8. The summed E-state index contributed by atoms with van der Waals surface area (Å²) in [6, 6.07) is 29.6. The number of rotatable bonds is 16. The SMILES string of the molecule is CC/C(=C(/c1ccc(OCCN(CC)CC)cc1)c1ccc(OC(C)c2cc(OC)c(OC)cc2[N+](=O)[O-])cc1)c1ccccc1. The Balaban J connectivity index is 1.64. The summed E-state index contributed by atoms with van der Waals surface area (Å²) in [4.78, 5) is 13.8. The number of nitrogens with zero attached hydrogens (tertiary/aromatic N) is 2. The molecule has 8 nitrogen and oxygen atoms in total. The second-order valence-electron chi connectivity index (χ2n) is 10.8. The maximum absolute atomic E-state index is 11.9. The molecule has 0 aliphatic carbocycles. The van der Waals surface area contributed by atoms with Crippen LogP contribution in [0.15, 0.2) is 91.0 Å². The minimum Gasteiger partial charge on any atom is -0.493 e. The monoisotopic (exact) mass is 624 g/mol. The molecule has 0 saturated heterocycles. The average Bonchev–Trinajstić information content (AvgIpc) is 3.09. The molecule has 46 heavy (non-hydrogen) atoms. The molecule has 4 rings (SSSR count). The van der Waals surface area contributed by atoms with Gasteiger partial charge in [-0.05, 0) is 84.6 Å². The first kappa shape index (κ1) is 34.1. The van der Waals surface area contributed by atoms with E-state index in [1.807, 2.05) is 42.5 Å². The lowest BCUT2D eigenvalue weighted by Gasteiger charge is -2.19. The second-order valence-corrected chi connectivity index (χ2v) is 10.8. The molecule has 4 aromatic carbocycles. The van der Waals surface area contributed by atoms with Gasteiger partial charge < -0.3 is 23.8 Å². The van der Waals surface area contributed by atoms with Crippen LogP contribution >= 0.6 is 0 Å². The summed E-state index contributed by atoms with van der Waals surface area (Å²) >= 11 is 0. The first-order chi connectivity index (χ1) is 22.3. The topological polar surface area (TPSA) is 83.3 Å². The van der Waals surface area contributed by atoms with Crippen molar-refractivity contribution < 1.29 is 23.9 Å². The fraction of sp³-hybridized carbons (Fsp3) is 0.316. The van der Waals surface area contributed by atoms with Crippen LogP contribution in [0.3, 0.4) is 0 Å². The molecule has 0 heterocycles. The highest BCUT2D eigenvalue weighted by atomic mass is 16.6. The summed E-state index contributed by atoms with van der Waals surface area (Å²) in [7, 11) is 2.95. The Morgan fingerprint density at radius 1 is 0.783 bits per heavy atom. The van der Waals surface area contributed by atoms with Crippen LogP contribution in [0.4, 0.5) is 5.69 Å². The minimum absolute atomic E-state index is 0.0945. The van der Waals surface area contributed by atoms with Gasteiger partial charge >= 0.3 is 0 Å². The molecule has 0 amide bonds. The van der Waals surface area contributed by atoms with Crippen LogP contribution in [0.25, 0.3) is 11.1 Å². The molecular weight excluding hydrogens is 580 g/mol. The Morgan fingerprint density at radius 2 is 1.35 bits per heavy atom. The van der Waals surface area contributed by atoms with E-state index in [0.717, 1.165) is 54.1 Å². The van der Waals surface area contributed by atoms with Gasteiger partial charge in [0.25, 0.3) is 5.69 Å². The van der Waals surface area contributed by atoms with E-state index in [0.29, 0.717) is 23.7 Å². The molecule has 0 fully saturated rings. The third kappa shape index (κ3) is 8.25. The fourth-order valence-electron chi connectivity index (χ4n) is 5.57. The highest BCUT2D eigenvalue weighted by Gasteiger charge is 2.25. The van der Waals surface area contributed by atoms with Gasteiger partial charge in [-0.15, -0.1) is 0 Å². The summed E-state index contributed by atoms with van der Waals surface area (Å²) in [6.07, 6.45) is 0.213. The average molecular weight is 625 g/mol. The molecule has 0 saturated carbocycles. The molecule has 4 aromatic rings. The van der Waals surface area contributed by atoms with Crippen molar-refractivity contribution >= 4 is 16.8 Å². The summed E-state index contributed by atoms with van der Waals surface area (Å²) in [5.41, 5.74) is 5.92. The van der Waals surface area contributed by atoms with E-state index in [1.54, 1.807) is 13.0 Å². The van der Waals surface area contributed by atoms with Crippen molar-refractivity contribution in [3.8, 4) is 23.0 Å². The van der Waals surface area contributed by atoms with Crippen molar-refractivity contribution in [3.63, 3.8) is 0 Å². The van der Waals surface area contributed by atoms with Crippen LogP contribution in [0.5, 0.6) is 23.0 Å². The van der Waals surface area contributed by atoms with Gasteiger partial charge in [-0.25, -0.2) is 0 Å². The molecule has 242 valence electrons. The van der Waals surface area contributed by atoms with E-state index in [1.165, 1.54) is 25.9 Å². The van der Waals surface area contributed by atoms with E-state index in [4.69, 9.17) is 18.9 Å². The van der Waals surface area contributed by atoms with Crippen molar-refractivity contribution in [1.29, 1.82) is 0 Å². The van der Waals surface area contributed by atoms with Crippen LogP contribution in [0.1, 0.15) is 62.5 Å². The smallest absolute Gasteiger partial charge is 0.280 e. The second kappa shape index (κ2) is 16.5. The molecule has 8 heteroatoms. The van der Waals surface area contributed by atoms with Gasteiger partial charge in [-0.2, -0.15) is 0 Å². The Bertz CT molecular complexity index is 1600. The Labute approximate surface area is 272 Å². The number of allylic oxidation sites excluding steroid dienone is 1. The lowest BCUT2D eigenvalue weighted by Crippen LogP contribution is -2.27. The number of methoxy groups -OCH3 is 2. The molecule has 1 unspecified atom stereocenters. The number of nitro benzene ring substituents is 1. The lowest BCUT2D eigenvalue weighted by molar-refractivity contribution is -0.386. The molecule has 0 N–H and O–H groups in total. The van der Waals surface area contributed by atoms with Gasteiger partial charge in [0.2, 0.25) is 0 Å². The molecule has 1 atom stereocenters. The normalized spacial score (nSPS) is 12.3. The van der Waals surface area contributed by atoms with Crippen molar-refractivity contribution in [2.24, 2.45) is 0 Å². The van der Waals surface area contributed by atoms with E-state index in [2.05, 4.69) is 62.1 Å². The maximum Gasteiger partial charge on any atom is 0.280 e. The van der Waals surface area contributed by atoms with Crippen molar-refractivity contribution in [3.05, 3.63) is 123 Å². The Kier molecular flexibility index (Phi) is 12.2. The number of hydrogen-bond acceptors (Lipinski definition) is 7. The zero-order chi connectivity index (χ0) is 33.1. The molecule has 0 bridgehead atoms. The van der Waals surface area contributed by atoms with Gasteiger partial charge in [-0.1, -0.05) is 75.4 Å². The minimum atomic E-state index is -0.620. The van der Waals surface area contributed by atoms with Crippen LogP contribution in [0.2, 0.25) is 0 Å². The van der Waals surface area contributed by atoms with Crippen LogP contribution < -0.4 is 18.9 Å². The first-order valence-corrected chi connectivity index (χ1v) is 15.7. The molecule has 0 spiro atoms. The zero-order valence-corrected chi connectivity index (χ0v) is 27.6. The predicted molar refractivity (Wildman–Crippen MR) is 184 cm³/mol. The zero-order valence-electron chi connectivity index (χ0n) is 27.6. The standard InChI is InChI=1S/C38H44N2O6/c1-7-33(28-13-11-10-12-14-28)38(29-15-19-31(20-16-29)45-24-23-39(8-2)9-3)30-17-21-32(22-18-30)46-27(4)34-25-36(43-5)37(44-6)26-35(34)40(41)42/h10-22,25-27H,7-9,23-24H2,1-6H3/b38-33+. The van der Waals surface area contributed by atoms with Crippen LogP contribution in [-0.2, 0) is 0 Å².